The summed E-state index contributed by atoms with van der Waals surface area (Å²) in [6.45, 7) is 6.64. The molecule has 2 unspecified atom stereocenters. The lowest BCUT2D eigenvalue weighted by Crippen LogP contribution is -2.57. The highest BCUT2D eigenvalue weighted by molar-refractivity contribution is 5.87. The van der Waals surface area contributed by atoms with E-state index >= 15 is 0 Å². The standard InChI is InChI=1S/C19H23N3O3.C19H21N3O2.C11H16N2O2.C10H12O2.C8H10N2O/c1-19(18(21)24,12-13-8-10-15(25-2)11-9-13)22-16(17(20)23)14-6-4-3-5-7-14;1-19(13-20,12-14-8-10-16(24-2)11-9-14)22-17(18(21)23)15-6-4-3-5-7-15;1-11(13,10(12)14)7-8-3-5-9(15-2)6-4-8;1-8(11)7-9-3-5-10(12-2)6-4-9;9-7(8(10)11)6-4-2-1-3-5-6/h3-11,16,22H,12H2,1-2H3,(H2,20,23)(H2,21,24);3-11,17,22H,12H2,1-2H3,(H2,21,23);3-6H,7,13H2,1-2H3,(H2,12,14);3-6H,7H2,1-2H3;1-5,7H,9H2,(H2,10,11)/t16?,19-;17?,19-;11-;;7-/m111.0/s1. The van der Waals surface area contributed by atoms with Crippen LogP contribution in [0, 0.1) is 11.3 Å². The molecule has 0 aliphatic rings. The molecule has 0 radical (unpaired) electrons. The predicted molar refractivity (Wildman–Crippen MR) is 336 cm³/mol. The normalized spacial score (nSPS) is 13.4. The fourth-order valence-electron chi connectivity index (χ4n) is 8.31. The third-order valence-electron chi connectivity index (χ3n) is 13.4. The van der Waals surface area contributed by atoms with Gasteiger partial charge in [-0.15, -0.1) is 0 Å². The Morgan fingerprint density at radius 3 is 1.07 bits per heavy atom. The lowest BCUT2D eigenvalue weighted by molar-refractivity contribution is -0.126. The fourth-order valence-corrected chi connectivity index (χ4v) is 8.31. The van der Waals surface area contributed by atoms with Crippen molar-refractivity contribution in [3.8, 4) is 29.1 Å². The number of hydrogen-bond donors (Lipinski definition) is 9. The highest BCUT2D eigenvalue weighted by Crippen LogP contribution is 2.24. The molecule has 0 aliphatic carbocycles. The van der Waals surface area contributed by atoms with E-state index < -0.39 is 64.3 Å². The molecule has 0 spiro atoms. The molecule has 0 aliphatic heterocycles. The van der Waals surface area contributed by atoms with Gasteiger partial charge in [0.1, 0.15) is 52.4 Å². The zero-order valence-corrected chi connectivity index (χ0v) is 50.5. The molecule has 6 atom stereocenters. The number of Topliss-reactive ketones (excluding diaryl/α,β-unsaturated/α-hetero) is 1. The second-order valence-corrected chi connectivity index (χ2v) is 20.8. The summed E-state index contributed by atoms with van der Waals surface area (Å²) in [5.74, 6) is 0.589. The first-order chi connectivity index (χ1) is 41.2. The molecule has 0 saturated carbocycles. The summed E-state index contributed by atoms with van der Waals surface area (Å²) in [6.07, 6.45) is 1.67. The molecule has 0 saturated heterocycles. The van der Waals surface area contributed by atoms with Crippen molar-refractivity contribution in [3.63, 3.8) is 0 Å². The van der Waals surface area contributed by atoms with E-state index in [4.69, 9.17) is 59.1 Å². The van der Waals surface area contributed by atoms with Gasteiger partial charge in [0.15, 0.2) is 0 Å². The van der Waals surface area contributed by atoms with Crippen molar-refractivity contribution in [2.45, 2.75) is 88.1 Å². The number of methoxy groups -OCH3 is 4. The largest absolute Gasteiger partial charge is 0.497 e. The molecule has 460 valence electrons. The van der Waals surface area contributed by atoms with E-state index in [-0.39, 0.29) is 5.78 Å². The first-order valence-corrected chi connectivity index (χ1v) is 27.4. The van der Waals surface area contributed by atoms with Crippen LogP contribution in [0.3, 0.4) is 0 Å². The molecule has 87 heavy (non-hydrogen) atoms. The minimum Gasteiger partial charge on any atom is -0.497 e. The summed E-state index contributed by atoms with van der Waals surface area (Å²) in [5, 5.41) is 15.8. The van der Waals surface area contributed by atoms with E-state index in [0.29, 0.717) is 31.2 Å². The number of nitrogens with two attached hydrogens (primary N) is 7. The average molecular weight is 1190 g/mol. The molecule has 20 nitrogen and oxygen atoms in total. The van der Waals surface area contributed by atoms with Crippen LogP contribution < -0.4 is 69.7 Å². The quantitative estimate of drug-likeness (QED) is 0.0331. The van der Waals surface area contributed by atoms with Crippen LogP contribution in [0.2, 0.25) is 0 Å². The van der Waals surface area contributed by atoms with Gasteiger partial charge in [-0.3, -0.25) is 39.4 Å². The van der Waals surface area contributed by atoms with Gasteiger partial charge < -0.3 is 59.1 Å². The molecule has 7 aromatic rings. The number of nitriles is 1. The number of amides is 5. The molecule has 0 heterocycles. The molecule has 0 bridgehead atoms. The Bertz CT molecular complexity index is 3300. The SMILES string of the molecule is COc1ccc(CC(C)=O)cc1.COc1ccc(C[C@@](C)(N)C(N)=O)cc1.COc1ccc(C[C@@](C)(NC(C(N)=O)c2ccccc2)C(N)=O)cc1.COc1ccc(C[C@](C)(C#N)NC(C(N)=O)c2ccccc2)cc1.NC(=O)[C@@H](N)c1ccccc1. The van der Waals surface area contributed by atoms with Gasteiger partial charge in [0, 0.05) is 12.8 Å². The van der Waals surface area contributed by atoms with Gasteiger partial charge in [0.25, 0.3) is 0 Å². The maximum absolute atomic E-state index is 12.1. The summed E-state index contributed by atoms with van der Waals surface area (Å²) in [5.41, 5.74) is 41.0. The molecule has 5 amide bonds. The maximum atomic E-state index is 12.1. The number of primary amides is 5. The Balaban J connectivity index is 0.000000296. The second kappa shape index (κ2) is 35.4. The van der Waals surface area contributed by atoms with Crippen LogP contribution in [-0.2, 0) is 54.5 Å². The predicted octanol–water partition coefficient (Wildman–Crippen LogP) is 6.07. The topological polar surface area (TPSA) is 369 Å². The van der Waals surface area contributed by atoms with E-state index in [1.807, 2.05) is 140 Å². The van der Waals surface area contributed by atoms with E-state index in [9.17, 15) is 34.0 Å². The number of ether oxygens (including phenoxy) is 4. The van der Waals surface area contributed by atoms with E-state index in [1.54, 1.807) is 105 Å². The van der Waals surface area contributed by atoms with Crippen LogP contribution in [0.5, 0.6) is 23.0 Å². The highest BCUT2D eigenvalue weighted by atomic mass is 16.5. The summed E-state index contributed by atoms with van der Waals surface area (Å²) in [7, 11) is 6.42. The molecular formula is C67H82N10O10. The average Bonchev–Trinajstić information content (AvgIpc) is 3.71. The zero-order valence-electron chi connectivity index (χ0n) is 50.5. The molecule has 0 fully saturated rings. The zero-order chi connectivity index (χ0) is 64.7. The highest BCUT2D eigenvalue weighted by Gasteiger charge is 2.36. The van der Waals surface area contributed by atoms with Gasteiger partial charge in [0.05, 0.1) is 45.6 Å². The molecular weight excluding hydrogens is 1100 g/mol. The molecule has 7 rings (SSSR count). The van der Waals surface area contributed by atoms with Crippen molar-refractivity contribution in [3.05, 3.63) is 227 Å². The Hall–Kier alpha value is -9.91. The number of carbonyl (C=O) groups excluding carboxylic acids is 6. The van der Waals surface area contributed by atoms with E-state index in [2.05, 4.69) is 16.7 Å². The lowest BCUT2D eigenvalue weighted by Gasteiger charge is -2.31. The maximum Gasteiger partial charge on any atom is 0.239 e. The summed E-state index contributed by atoms with van der Waals surface area (Å²) >= 11 is 0. The number of benzene rings is 7. The van der Waals surface area contributed by atoms with Crippen LogP contribution in [0.4, 0.5) is 0 Å². The summed E-state index contributed by atoms with van der Waals surface area (Å²) < 4.78 is 20.3. The smallest absolute Gasteiger partial charge is 0.239 e. The van der Waals surface area contributed by atoms with Gasteiger partial charge in [0.2, 0.25) is 29.5 Å². The van der Waals surface area contributed by atoms with Crippen molar-refractivity contribution in [1.82, 2.24) is 10.6 Å². The molecule has 0 aromatic heterocycles. The van der Waals surface area contributed by atoms with Gasteiger partial charge in [-0.1, -0.05) is 140 Å². The first-order valence-electron chi connectivity index (χ1n) is 27.4. The van der Waals surface area contributed by atoms with Crippen LogP contribution >= 0.6 is 0 Å². The molecule has 7 aromatic carbocycles. The summed E-state index contributed by atoms with van der Waals surface area (Å²) in [4.78, 5) is 68.3. The fraction of sp³-hybridized carbons (Fsp3) is 0.269. The van der Waals surface area contributed by atoms with Gasteiger partial charge in [-0.2, -0.15) is 5.26 Å². The number of nitrogens with zero attached hydrogens (tertiary/aromatic N) is 1. The Morgan fingerprint density at radius 2 is 0.770 bits per heavy atom. The second-order valence-electron chi connectivity index (χ2n) is 20.8. The van der Waals surface area contributed by atoms with Gasteiger partial charge >= 0.3 is 0 Å². The monoisotopic (exact) mass is 1190 g/mol. The van der Waals surface area contributed by atoms with Gasteiger partial charge in [-0.05, 0) is 128 Å². The van der Waals surface area contributed by atoms with Gasteiger partial charge in [-0.25, -0.2) is 0 Å². The summed E-state index contributed by atoms with van der Waals surface area (Å²) in [6, 6.07) is 56.9. The lowest BCUT2D eigenvalue weighted by atomic mass is 9.89. The third kappa shape index (κ3) is 24.7. The number of ketones is 1. The first kappa shape index (κ1) is 71.4. The van der Waals surface area contributed by atoms with Crippen LogP contribution in [0.25, 0.3) is 0 Å². The van der Waals surface area contributed by atoms with Crippen LogP contribution in [-0.4, -0.2) is 80.4 Å². The minimum absolute atomic E-state index is 0.181. The molecule has 20 heteroatoms. The van der Waals surface area contributed by atoms with Crippen LogP contribution in [0.1, 0.15) is 84.8 Å². The number of hydrogen-bond acceptors (Lipinski definition) is 15. The minimum atomic E-state index is -1.15. The Labute approximate surface area is 509 Å². The van der Waals surface area contributed by atoms with E-state index in [1.165, 1.54) is 0 Å². The Kier molecular flexibility index (Phi) is 29.0. The van der Waals surface area contributed by atoms with Crippen LogP contribution in [0.15, 0.2) is 188 Å². The van der Waals surface area contributed by atoms with Crippen molar-refractivity contribution in [2.24, 2.45) is 40.1 Å². The van der Waals surface area contributed by atoms with Crippen molar-refractivity contribution >= 4 is 35.3 Å². The van der Waals surface area contributed by atoms with Crippen molar-refractivity contribution in [1.29, 1.82) is 5.26 Å². The van der Waals surface area contributed by atoms with Crippen molar-refractivity contribution in [2.75, 3.05) is 28.4 Å². The number of carbonyl (C=O) groups is 6. The van der Waals surface area contributed by atoms with Crippen molar-refractivity contribution < 1.29 is 47.7 Å². The number of nitrogens with one attached hydrogen (secondary N) is 2. The Morgan fingerprint density at radius 1 is 0.448 bits per heavy atom. The number of rotatable bonds is 24. The van der Waals surface area contributed by atoms with E-state index in [0.717, 1.165) is 56.4 Å². The third-order valence-corrected chi connectivity index (χ3v) is 13.4. The molecule has 16 N–H and O–H groups in total.